The summed E-state index contributed by atoms with van der Waals surface area (Å²) < 4.78 is 38.7. The number of carbonyl (C=O) groups excluding carboxylic acids is 1. The number of nitrogens with zero attached hydrogens (tertiary/aromatic N) is 1. The highest BCUT2D eigenvalue weighted by atomic mass is 35.5. The van der Waals surface area contributed by atoms with E-state index in [0.29, 0.717) is 27.1 Å². The van der Waals surface area contributed by atoms with Gasteiger partial charge in [-0.1, -0.05) is 53.0 Å². The lowest BCUT2D eigenvalue weighted by Gasteiger charge is -2.24. The van der Waals surface area contributed by atoms with Crippen molar-refractivity contribution in [2.24, 2.45) is 0 Å². The molecule has 0 aromatic heterocycles. The third-order valence-corrected chi connectivity index (χ3v) is 8.02. The lowest BCUT2D eigenvalue weighted by atomic mass is 10.1. The molecule has 0 unspecified atom stereocenters. The molecule has 0 heterocycles. The van der Waals surface area contributed by atoms with Crippen molar-refractivity contribution in [3.05, 3.63) is 87.4 Å². The van der Waals surface area contributed by atoms with Crippen LogP contribution in [-0.2, 0) is 21.4 Å². The highest BCUT2D eigenvalue weighted by Gasteiger charge is 2.28. The summed E-state index contributed by atoms with van der Waals surface area (Å²) in [6.07, 6.45) is 0. The fourth-order valence-corrected chi connectivity index (χ4v) is 5.42. The Morgan fingerprint density at radius 2 is 1.64 bits per heavy atom. The van der Waals surface area contributed by atoms with E-state index >= 15 is 0 Å². The molecule has 1 atom stereocenters. The van der Waals surface area contributed by atoms with Crippen LogP contribution in [0.3, 0.4) is 0 Å². The molecule has 1 N–H and O–H groups in total. The molecule has 7 nitrogen and oxygen atoms in total. The monoisotopic (exact) mass is 550 g/mol. The number of halogens is 2. The first-order valence-electron chi connectivity index (χ1n) is 11.1. The van der Waals surface area contributed by atoms with Gasteiger partial charge >= 0.3 is 0 Å². The Morgan fingerprint density at radius 1 is 0.972 bits per heavy atom. The fraction of sp³-hybridized carbons (Fsp3) is 0.269. The van der Waals surface area contributed by atoms with E-state index in [2.05, 4.69) is 5.32 Å². The molecule has 36 heavy (non-hydrogen) atoms. The van der Waals surface area contributed by atoms with E-state index in [-0.39, 0.29) is 11.4 Å². The van der Waals surface area contributed by atoms with Crippen molar-refractivity contribution >= 4 is 39.1 Å². The fourth-order valence-electron chi connectivity index (χ4n) is 3.58. The number of hydrogen-bond acceptors (Lipinski definition) is 5. The maximum Gasteiger partial charge on any atom is 0.243 e. The first kappa shape index (κ1) is 27.8. The molecular weight excluding hydrogens is 523 g/mol. The number of benzene rings is 3. The van der Waals surface area contributed by atoms with Crippen LogP contribution in [0.1, 0.15) is 29.7 Å². The second-order valence-corrected chi connectivity index (χ2v) is 11.0. The van der Waals surface area contributed by atoms with Crippen LogP contribution in [0.25, 0.3) is 0 Å². The number of amides is 1. The zero-order valence-electron chi connectivity index (χ0n) is 20.4. The van der Waals surface area contributed by atoms with Gasteiger partial charge in [0.15, 0.2) is 11.5 Å². The summed E-state index contributed by atoms with van der Waals surface area (Å²) >= 11 is 12.3. The maximum absolute atomic E-state index is 13.5. The number of carbonyl (C=O) groups is 1. The molecule has 1 amide bonds. The van der Waals surface area contributed by atoms with Crippen LogP contribution in [0.4, 0.5) is 0 Å². The van der Waals surface area contributed by atoms with Gasteiger partial charge in [-0.05, 0) is 61.4 Å². The van der Waals surface area contributed by atoms with Crippen molar-refractivity contribution < 1.29 is 22.7 Å². The maximum atomic E-state index is 13.5. The number of hydrogen-bond donors (Lipinski definition) is 1. The van der Waals surface area contributed by atoms with E-state index in [4.69, 9.17) is 32.7 Å². The smallest absolute Gasteiger partial charge is 0.243 e. The zero-order chi connectivity index (χ0) is 26.5. The van der Waals surface area contributed by atoms with E-state index in [0.717, 1.165) is 15.4 Å². The minimum absolute atomic E-state index is 0.0823. The van der Waals surface area contributed by atoms with Gasteiger partial charge in [0, 0.05) is 16.6 Å². The molecule has 3 rings (SSSR count). The summed E-state index contributed by atoms with van der Waals surface area (Å²) in [5.74, 6) is 0.616. The molecule has 0 bridgehead atoms. The lowest BCUT2D eigenvalue weighted by Crippen LogP contribution is -2.41. The molecule has 0 aliphatic heterocycles. The Balaban J connectivity index is 1.86. The van der Waals surface area contributed by atoms with Crippen LogP contribution in [0, 0.1) is 6.92 Å². The number of rotatable bonds is 10. The van der Waals surface area contributed by atoms with E-state index in [9.17, 15) is 13.2 Å². The molecule has 10 heteroatoms. The Labute approximate surface area is 222 Å². The molecule has 3 aromatic rings. The van der Waals surface area contributed by atoms with Crippen molar-refractivity contribution in [2.75, 3.05) is 20.8 Å². The van der Waals surface area contributed by atoms with Crippen LogP contribution in [0.15, 0.2) is 65.6 Å². The first-order valence-corrected chi connectivity index (χ1v) is 13.3. The molecule has 0 fully saturated rings. The van der Waals surface area contributed by atoms with E-state index < -0.39 is 28.5 Å². The Kier molecular flexibility index (Phi) is 9.24. The SMILES string of the molecule is COc1ccc([C@H](C)NC(=O)CN(Cc2ccc(Cl)cc2Cl)S(=O)(=O)c2ccc(C)cc2)cc1OC. The summed E-state index contributed by atoms with van der Waals surface area (Å²) in [5, 5.41) is 3.60. The van der Waals surface area contributed by atoms with Crippen molar-refractivity contribution in [2.45, 2.75) is 31.3 Å². The van der Waals surface area contributed by atoms with Crippen LogP contribution >= 0.6 is 23.2 Å². The average molecular weight is 551 g/mol. The van der Waals surface area contributed by atoms with E-state index in [1.54, 1.807) is 56.5 Å². The molecule has 0 aliphatic carbocycles. The van der Waals surface area contributed by atoms with Gasteiger partial charge in [-0.25, -0.2) is 8.42 Å². The second-order valence-electron chi connectivity index (χ2n) is 8.23. The van der Waals surface area contributed by atoms with Crippen LogP contribution in [0.5, 0.6) is 11.5 Å². The molecule has 0 saturated carbocycles. The van der Waals surface area contributed by atoms with Gasteiger partial charge in [0.1, 0.15) is 0 Å². The molecular formula is C26H28Cl2N2O5S. The third-order valence-electron chi connectivity index (χ3n) is 5.63. The average Bonchev–Trinajstić information content (AvgIpc) is 2.84. The van der Waals surface area contributed by atoms with E-state index in [1.807, 2.05) is 6.92 Å². The summed E-state index contributed by atoms with van der Waals surface area (Å²) in [4.78, 5) is 13.1. The van der Waals surface area contributed by atoms with Gasteiger partial charge in [0.05, 0.1) is 31.7 Å². The predicted octanol–water partition coefficient (Wildman–Crippen LogP) is 5.39. The molecule has 0 spiro atoms. The van der Waals surface area contributed by atoms with Gasteiger partial charge in [0.25, 0.3) is 0 Å². The quantitative estimate of drug-likeness (QED) is 0.366. The van der Waals surface area contributed by atoms with Crippen LogP contribution < -0.4 is 14.8 Å². The summed E-state index contributed by atoms with van der Waals surface area (Å²) in [5.41, 5.74) is 2.22. The predicted molar refractivity (Wildman–Crippen MR) is 141 cm³/mol. The first-order chi connectivity index (χ1) is 17.0. The molecule has 0 radical (unpaired) electrons. The van der Waals surface area contributed by atoms with Crippen LogP contribution in [-0.4, -0.2) is 39.4 Å². The Morgan fingerprint density at radius 3 is 2.25 bits per heavy atom. The lowest BCUT2D eigenvalue weighted by molar-refractivity contribution is -0.122. The van der Waals surface area contributed by atoms with Gasteiger partial charge < -0.3 is 14.8 Å². The number of aryl methyl sites for hydroxylation is 1. The minimum Gasteiger partial charge on any atom is -0.493 e. The second kappa shape index (κ2) is 12.0. The van der Waals surface area contributed by atoms with Crippen molar-refractivity contribution in [1.82, 2.24) is 9.62 Å². The van der Waals surface area contributed by atoms with E-state index in [1.165, 1.54) is 25.3 Å². The summed E-state index contributed by atoms with van der Waals surface area (Å²) in [6.45, 7) is 3.15. The summed E-state index contributed by atoms with van der Waals surface area (Å²) in [7, 11) is -0.945. The topological polar surface area (TPSA) is 84.9 Å². The molecule has 0 aliphatic rings. The number of ether oxygens (including phenoxy) is 2. The van der Waals surface area contributed by atoms with Crippen LogP contribution in [0.2, 0.25) is 10.0 Å². The van der Waals surface area contributed by atoms with Gasteiger partial charge in [0.2, 0.25) is 15.9 Å². The molecule has 3 aromatic carbocycles. The van der Waals surface area contributed by atoms with Crippen molar-refractivity contribution in [3.63, 3.8) is 0 Å². The summed E-state index contributed by atoms with van der Waals surface area (Å²) in [6, 6.07) is 16.2. The Hall–Kier alpha value is -2.78. The normalized spacial score (nSPS) is 12.3. The largest absolute Gasteiger partial charge is 0.493 e. The molecule has 0 saturated heterocycles. The van der Waals surface area contributed by atoms with Crippen molar-refractivity contribution in [1.29, 1.82) is 0 Å². The van der Waals surface area contributed by atoms with Gasteiger partial charge in [-0.15, -0.1) is 0 Å². The van der Waals surface area contributed by atoms with Crippen molar-refractivity contribution in [3.8, 4) is 11.5 Å². The highest BCUT2D eigenvalue weighted by Crippen LogP contribution is 2.30. The minimum atomic E-state index is -4.01. The zero-order valence-corrected chi connectivity index (χ0v) is 22.7. The standard InChI is InChI=1S/C26H28Cl2N2O5S/c1-17-5-10-22(11-6-17)36(32,33)30(15-20-7-9-21(27)14-23(20)28)16-26(31)29-18(2)19-8-12-24(34-3)25(13-19)35-4/h5-14,18H,15-16H2,1-4H3,(H,29,31)/t18-/m0/s1. The number of nitrogens with one attached hydrogen (secondary N) is 1. The number of methoxy groups -OCH3 is 2. The number of sulfonamides is 1. The van der Waals surface area contributed by atoms with Gasteiger partial charge in [-0.3, -0.25) is 4.79 Å². The highest BCUT2D eigenvalue weighted by molar-refractivity contribution is 7.89. The third kappa shape index (κ3) is 6.70. The molecule has 192 valence electrons. The Bertz CT molecular complexity index is 1330. The van der Waals surface area contributed by atoms with Gasteiger partial charge in [-0.2, -0.15) is 4.31 Å².